The van der Waals surface area contributed by atoms with Crippen molar-refractivity contribution in [3.63, 3.8) is 0 Å². The highest BCUT2D eigenvalue weighted by molar-refractivity contribution is 5.92. The fourth-order valence-corrected chi connectivity index (χ4v) is 2.71. The van der Waals surface area contributed by atoms with Gasteiger partial charge in [0.25, 0.3) is 5.91 Å². The summed E-state index contributed by atoms with van der Waals surface area (Å²) in [5.74, 6) is -0.00969. The predicted molar refractivity (Wildman–Crippen MR) is 102 cm³/mol. The molecule has 0 aromatic heterocycles. The van der Waals surface area contributed by atoms with E-state index in [2.05, 4.69) is 12.2 Å². The molecule has 0 aliphatic heterocycles. The minimum Gasteiger partial charge on any atom is -0.493 e. The lowest BCUT2D eigenvalue weighted by molar-refractivity contribution is -0.125. The van der Waals surface area contributed by atoms with E-state index in [4.69, 9.17) is 14.2 Å². The van der Waals surface area contributed by atoms with Gasteiger partial charge in [-0.2, -0.15) is 0 Å². The summed E-state index contributed by atoms with van der Waals surface area (Å²) in [6.45, 7) is 1.71. The third kappa shape index (κ3) is 5.74. The standard InChI is InChI=1S/C21H25NO5/c1-4-8-17(15-9-6-5-7-10-15)22-20(23)14-27-21(24)16-11-12-18(25-2)19(13-16)26-3/h5-7,9-13,17H,4,8,14H2,1-3H3,(H,22,23)/t17-/m1/s1. The lowest BCUT2D eigenvalue weighted by atomic mass is 10.0. The maximum atomic E-state index is 12.2. The van der Waals surface area contributed by atoms with Gasteiger partial charge in [-0.3, -0.25) is 4.79 Å². The number of nitrogens with one attached hydrogen (secondary N) is 1. The molecule has 0 spiro atoms. The highest BCUT2D eigenvalue weighted by Crippen LogP contribution is 2.27. The molecule has 0 radical (unpaired) electrons. The fraction of sp³-hybridized carbons (Fsp3) is 0.333. The van der Waals surface area contributed by atoms with Crippen LogP contribution in [0.4, 0.5) is 0 Å². The Morgan fingerprint density at radius 2 is 1.70 bits per heavy atom. The Hall–Kier alpha value is -3.02. The highest BCUT2D eigenvalue weighted by Gasteiger charge is 2.17. The lowest BCUT2D eigenvalue weighted by Crippen LogP contribution is -2.32. The zero-order chi connectivity index (χ0) is 19.6. The van der Waals surface area contributed by atoms with Gasteiger partial charge >= 0.3 is 5.97 Å². The topological polar surface area (TPSA) is 73.9 Å². The van der Waals surface area contributed by atoms with Crippen LogP contribution < -0.4 is 14.8 Å². The number of carbonyl (C=O) groups excluding carboxylic acids is 2. The molecule has 0 bridgehead atoms. The van der Waals surface area contributed by atoms with Crippen LogP contribution in [0.25, 0.3) is 0 Å². The Labute approximate surface area is 159 Å². The molecule has 2 rings (SSSR count). The molecular formula is C21H25NO5. The fourth-order valence-electron chi connectivity index (χ4n) is 2.71. The second-order valence-electron chi connectivity index (χ2n) is 5.97. The summed E-state index contributed by atoms with van der Waals surface area (Å²) in [5.41, 5.74) is 1.31. The second-order valence-corrected chi connectivity index (χ2v) is 5.97. The summed E-state index contributed by atoms with van der Waals surface area (Å²) in [6, 6.07) is 14.3. The number of hydrogen-bond donors (Lipinski definition) is 1. The molecule has 6 nitrogen and oxygen atoms in total. The number of benzene rings is 2. The largest absolute Gasteiger partial charge is 0.493 e. The van der Waals surface area contributed by atoms with Crippen LogP contribution in [0, 0.1) is 0 Å². The number of hydrogen-bond acceptors (Lipinski definition) is 5. The molecule has 0 fully saturated rings. The van der Waals surface area contributed by atoms with Gasteiger partial charge < -0.3 is 19.5 Å². The van der Waals surface area contributed by atoms with E-state index >= 15 is 0 Å². The SMILES string of the molecule is CCC[C@@H](NC(=O)COC(=O)c1ccc(OC)c(OC)c1)c1ccccc1. The molecule has 144 valence electrons. The molecule has 2 aromatic rings. The van der Waals surface area contributed by atoms with E-state index in [9.17, 15) is 9.59 Å². The average Bonchev–Trinajstić information content (AvgIpc) is 2.71. The monoisotopic (exact) mass is 371 g/mol. The van der Waals surface area contributed by atoms with E-state index < -0.39 is 5.97 Å². The van der Waals surface area contributed by atoms with Gasteiger partial charge in [-0.15, -0.1) is 0 Å². The zero-order valence-corrected chi connectivity index (χ0v) is 15.9. The number of amides is 1. The molecule has 1 amide bonds. The number of ether oxygens (including phenoxy) is 3. The van der Waals surface area contributed by atoms with Gasteiger partial charge in [0.1, 0.15) is 0 Å². The van der Waals surface area contributed by atoms with E-state index in [-0.39, 0.29) is 24.1 Å². The smallest absolute Gasteiger partial charge is 0.338 e. The Kier molecular flexibility index (Phi) is 7.67. The molecule has 27 heavy (non-hydrogen) atoms. The van der Waals surface area contributed by atoms with Gasteiger partial charge in [-0.25, -0.2) is 4.79 Å². The zero-order valence-electron chi connectivity index (χ0n) is 15.9. The Balaban J connectivity index is 1.95. The van der Waals surface area contributed by atoms with E-state index in [0.29, 0.717) is 11.5 Å². The van der Waals surface area contributed by atoms with Gasteiger partial charge in [-0.05, 0) is 30.2 Å². The quantitative estimate of drug-likeness (QED) is 0.683. The average molecular weight is 371 g/mol. The summed E-state index contributed by atoms with van der Waals surface area (Å²) in [7, 11) is 3.00. The predicted octanol–water partition coefficient (Wildman–Crippen LogP) is 3.52. The number of carbonyl (C=O) groups is 2. The van der Waals surface area contributed by atoms with Crippen molar-refractivity contribution in [1.29, 1.82) is 0 Å². The van der Waals surface area contributed by atoms with Gasteiger partial charge in [0.2, 0.25) is 0 Å². The molecule has 0 saturated carbocycles. The maximum Gasteiger partial charge on any atom is 0.338 e. The molecule has 0 saturated heterocycles. The van der Waals surface area contributed by atoms with Gasteiger partial charge in [0, 0.05) is 0 Å². The van der Waals surface area contributed by atoms with Crippen LogP contribution in [0.2, 0.25) is 0 Å². The van der Waals surface area contributed by atoms with Crippen LogP contribution in [0.15, 0.2) is 48.5 Å². The van der Waals surface area contributed by atoms with Crippen molar-refractivity contribution in [3.8, 4) is 11.5 Å². The first-order valence-electron chi connectivity index (χ1n) is 8.82. The van der Waals surface area contributed by atoms with Crippen LogP contribution in [-0.2, 0) is 9.53 Å². The first-order chi connectivity index (χ1) is 13.1. The summed E-state index contributed by atoms with van der Waals surface area (Å²) < 4.78 is 15.4. The summed E-state index contributed by atoms with van der Waals surface area (Å²) in [4.78, 5) is 24.4. The Morgan fingerprint density at radius 1 is 1.00 bits per heavy atom. The lowest BCUT2D eigenvalue weighted by Gasteiger charge is -2.18. The van der Waals surface area contributed by atoms with Crippen molar-refractivity contribution in [3.05, 3.63) is 59.7 Å². The van der Waals surface area contributed by atoms with Crippen molar-refractivity contribution in [1.82, 2.24) is 5.32 Å². The van der Waals surface area contributed by atoms with Crippen LogP contribution in [0.3, 0.4) is 0 Å². The maximum absolute atomic E-state index is 12.2. The van der Waals surface area contributed by atoms with Gasteiger partial charge in [-0.1, -0.05) is 43.7 Å². The van der Waals surface area contributed by atoms with Crippen molar-refractivity contribution in [2.75, 3.05) is 20.8 Å². The van der Waals surface area contributed by atoms with E-state index in [0.717, 1.165) is 18.4 Å². The molecule has 2 aromatic carbocycles. The molecule has 0 heterocycles. The minimum atomic E-state index is -0.599. The van der Waals surface area contributed by atoms with Crippen molar-refractivity contribution < 1.29 is 23.8 Å². The molecule has 1 atom stereocenters. The molecule has 6 heteroatoms. The normalized spacial score (nSPS) is 11.4. The van der Waals surface area contributed by atoms with E-state index in [1.807, 2.05) is 30.3 Å². The van der Waals surface area contributed by atoms with Gasteiger partial charge in [0.15, 0.2) is 18.1 Å². The van der Waals surface area contributed by atoms with Crippen molar-refractivity contribution >= 4 is 11.9 Å². The highest BCUT2D eigenvalue weighted by atomic mass is 16.5. The summed E-state index contributed by atoms with van der Waals surface area (Å²) in [5, 5.41) is 2.92. The number of methoxy groups -OCH3 is 2. The van der Waals surface area contributed by atoms with Crippen LogP contribution in [-0.4, -0.2) is 32.7 Å². The van der Waals surface area contributed by atoms with Crippen LogP contribution in [0.1, 0.15) is 41.7 Å². The molecule has 0 unspecified atom stereocenters. The number of rotatable bonds is 9. The van der Waals surface area contributed by atoms with Crippen molar-refractivity contribution in [2.45, 2.75) is 25.8 Å². The van der Waals surface area contributed by atoms with E-state index in [1.165, 1.54) is 20.3 Å². The van der Waals surface area contributed by atoms with E-state index in [1.54, 1.807) is 12.1 Å². The molecule has 0 aliphatic rings. The minimum absolute atomic E-state index is 0.108. The molecule has 0 aliphatic carbocycles. The third-order valence-electron chi connectivity index (χ3n) is 4.07. The molecular weight excluding hydrogens is 346 g/mol. The Bertz CT molecular complexity index is 760. The number of esters is 1. The van der Waals surface area contributed by atoms with Crippen molar-refractivity contribution in [2.24, 2.45) is 0 Å². The molecule has 1 N–H and O–H groups in total. The summed E-state index contributed by atoms with van der Waals surface area (Å²) >= 11 is 0. The third-order valence-corrected chi connectivity index (χ3v) is 4.07. The first-order valence-corrected chi connectivity index (χ1v) is 8.82. The first kappa shape index (κ1) is 20.3. The Morgan fingerprint density at radius 3 is 2.33 bits per heavy atom. The van der Waals surface area contributed by atoms with Crippen LogP contribution >= 0.6 is 0 Å². The summed E-state index contributed by atoms with van der Waals surface area (Å²) in [6.07, 6.45) is 1.73. The second kappa shape index (κ2) is 10.2. The van der Waals surface area contributed by atoms with Crippen LogP contribution in [0.5, 0.6) is 11.5 Å². The van der Waals surface area contributed by atoms with Gasteiger partial charge in [0.05, 0.1) is 25.8 Å².